The second-order valence-corrected chi connectivity index (χ2v) is 7.36. The van der Waals surface area contributed by atoms with E-state index in [2.05, 4.69) is 22.3 Å². The first-order chi connectivity index (χ1) is 12.2. The topological polar surface area (TPSA) is 32.3 Å². The molecular weight excluding hydrogens is 335 g/mol. The lowest BCUT2D eigenvalue weighted by Crippen LogP contribution is -2.29. The van der Waals surface area contributed by atoms with Crippen LogP contribution in [0, 0.1) is 5.82 Å². The average Bonchev–Trinajstić information content (AvgIpc) is 2.65. The number of thioether (sulfide) groups is 1. The Morgan fingerprint density at radius 3 is 2.36 bits per heavy atom. The molecule has 5 heteroatoms. The average molecular weight is 358 g/mol. The number of rotatable bonds is 6. The number of carbonyl (C=O) groups is 1. The molecule has 1 aliphatic rings. The Kier molecular flexibility index (Phi) is 6.34. The van der Waals surface area contributed by atoms with Crippen LogP contribution in [-0.2, 0) is 4.79 Å². The van der Waals surface area contributed by atoms with Gasteiger partial charge in [-0.1, -0.05) is 0 Å². The maximum Gasteiger partial charge on any atom is 0.225 e. The Hall–Kier alpha value is -2.01. The third kappa shape index (κ3) is 5.49. The zero-order chi connectivity index (χ0) is 17.5. The van der Waals surface area contributed by atoms with Crippen molar-refractivity contribution in [3.63, 3.8) is 0 Å². The summed E-state index contributed by atoms with van der Waals surface area (Å²) in [5.41, 5.74) is 2.06. The predicted octanol–water partition coefficient (Wildman–Crippen LogP) is 4.94. The first kappa shape index (κ1) is 17.8. The summed E-state index contributed by atoms with van der Waals surface area (Å²) >= 11 is 1.56. The summed E-state index contributed by atoms with van der Waals surface area (Å²) in [6.45, 7) is 2.23. The standard InChI is InChI=1S/C20H23FN2OS/c21-16-4-10-19(11-5-16)25-15-12-20(24)22-17-6-8-18(9-7-17)23-13-2-1-3-14-23/h4-11H,1-3,12-15H2,(H,22,24). The molecule has 0 radical (unpaired) electrons. The SMILES string of the molecule is O=C(CCSc1ccc(F)cc1)Nc1ccc(N2CCCCC2)cc1. The Labute approximate surface area is 152 Å². The van der Waals surface area contributed by atoms with Crippen LogP contribution in [0.5, 0.6) is 0 Å². The number of nitrogens with one attached hydrogen (secondary N) is 1. The van der Waals surface area contributed by atoms with Crippen LogP contribution in [0.15, 0.2) is 53.4 Å². The minimum Gasteiger partial charge on any atom is -0.372 e. The molecule has 25 heavy (non-hydrogen) atoms. The molecule has 0 spiro atoms. The van der Waals surface area contributed by atoms with Gasteiger partial charge >= 0.3 is 0 Å². The number of benzene rings is 2. The Bertz CT molecular complexity index is 682. The van der Waals surface area contributed by atoms with Gasteiger partial charge in [-0.3, -0.25) is 4.79 Å². The zero-order valence-corrected chi connectivity index (χ0v) is 15.0. The summed E-state index contributed by atoms with van der Waals surface area (Å²) in [6.07, 6.45) is 4.25. The van der Waals surface area contributed by atoms with Crippen molar-refractivity contribution in [1.29, 1.82) is 0 Å². The van der Waals surface area contributed by atoms with Gasteiger partial charge in [-0.05, 0) is 67.8 Å². The van der Waals surface area contributed by atoms with Crippen molar-refractivity contribution in [2.24, 2.45) is 0 Å². The number of hydrogen-bond donors (Lipinski definition) is 1. The molecule has 2 aromatic carbocycles. The number of carbonyl (C=O) groups excluding carboxylic acids is 1. The van der Waals surface area contributed by atoms with E-state index < -0.39 is 0 Å². The van der Waals surface area contributed by atoms with Gasteiger partial charge in [0.05, 0.1) is 0 Å². The van der Waals surface area contributed by atoms with E-state index in [0.717, 1.165) is 23.7 Å². The van der Waals surface area contributed by atoms with Gasteiger partial charge in [0.15, 0.2) is 0 Å². The second kappa shape index (κ2) is 8.90. The molecule has 0 saturated carbocycles. The van der Waals surface area contributed by atoms with E-state index in [1.807, 2.05) is 12.1 Å². The molecule has 1 amide bonds. The van der Waals surface area contributed by atoms with E-state index in [1.54, 1.807) is 23.9 Å². The summed E-state index contributed by atoms with van der Waals surface area (Å²) in [4.78, 5) is 15.4. The van der Waals surface area contributed by atoms with Crippen LogP contribution in [0.25, 0.3) is 0 Å². The van der Waals surface area contributed by atoms with Crippen molar-refractivity contribution in [2.45, 2.75) is 30.6 Å². The maximum absolute atomic E-state index is 12.9. The molecule has 2 aromatic rings. The highest BCUT2D eigenvalue weighted by molar-refractivity contribution is 7.99. The number of piperidine rings is 1. The Balaban J connectivity index is 1.43. The Morgan fingerprint density at radius 2 is 1.68 bits per heavy atom. The minimum atomic E-state index is -0.241. The number of halogens is 1. The molecule has 3 nitrogen and oxygen atoms in total. The number of amides is 1. The van der Waals surface area contributed by atoms with Gasteiger partial charge in [0.25, 0.3) is 0 Å². The second-order valence-electron chi connectivity index (χ2n) is 6.20. The molecule has 0 aliphatic carbocycles. The molecule has 0 atom stereocenters. The summed E-state index contributed by atoms with van der Waals surface area (Å²) in [5.74, 6) is 0.430. The van der Waals surface area contributed by atoms with Crippen molar-refractivity contribution >= 4 is 29.0 Å². The van der Waals surface area contributed by atoms with Gasteiger partial charge < -0.3 is 10.2 Å². The lowest BCUT2D eigenvalue weighted by Gasteiger charge is -2.28. The summed E-state index contributed by atoms with van der Waals surface area (Å²) in [7, 11) is 0. The fourth-order valence-corrected chi connectivity index (χ4v) is 3.78. The van der Waals surface area contributed by atoms with Crippen LogP contribution in [0.3, 0.4) is 0 Å². The molecule has 1 fully saturated rings. The minimum absolute atomic E-state index is 0.000309. The lowest BCUT2D eigenvalue weighted by atomic mass is 10.1. The quantitative estimate of drug-likeness (QED) is 0.743. The predicted molar refractivity (Wildman–Crippen MR) is 103 cm³/mol. The van der Waals surface area contributed by atoms with Crippen molar-refractivity contribution in [2.75, 3.05) is 29.1 Å². The molecule has 0 aromatic heterocycles. The van der Waals surface area contributed by atoms with Crippen LogP contribution in [0.4, 0.5) is 15.8 Å². The van der Waals surface area contributed by atoms with Crippen molar-refractivity contribution < 1.29 is 9.18 Å². The number of nitrogens with zero attached hydrogens (tertiary/aromatic N) is 1. The molecule has 3 rings (SSSR count). The molecular formula is C20H23FN2OS. The van der Waals surface area contributed by atoms with E-state index in [9.17, 15) is 9.18 Å². The van der Waals surface area contributed by atoms with Crippen LogP contribution in [0.2, 0.25) is 0 Å². The summed E-state index contributed by atoms with van der Waals surface area (Å²) in [5, 5.41) is 2.94. The summed E-state index contributed by atoms with van der Waals surface area (Å²) < 4.78 is 12.9. The van der Waals surface area contributed by atoms with Crippen molar-refractivity contribution in [1.82, 2.24) is 0 Å². The van der Waals surface area contributed by atoms with Gasteiger partial charge in [-0.25, -0.2) is 4.39 Å². The van der Waals surface area contributed by atoms with E-state index >= 15 is 0 Å². The van der Waals surface area contributed by atoms with Crippen LogP contribution >= 0.6 is 11.8 Å². The van der Waals surface area contributed by atoms with Crippen molar-refractivity contribution in [3.05, 3.63) is 54.3 Å². The third-order valence-corrected chi connectivity index (χ3v) is 5.30. The third-order valence-electron chi connectivity index (χ3n) is 4.28. The molecule has 1 saturated heterocycles. The first-order valence-electron chi connectivity index (χ1n) is 8.74. The highest BCUT2D eigenvalue weighted by Crippen LogP contribution is 2.22. The molecule has 0 bridgehead atoms. The molecule has 132 valence electrons. The monoisotopic (exact) mass is 358 g/mol. The number of hydrogen-bond acceptors (Lipinski definition) is 3. The van der Waals surface area contributed by atoms with Gasteiger partial charge in [-0.15, -0.1) is 11.8 Å². The summed E-state index contributed by atoms with van der Waals surface area (Å²) in [6, 6.07) is 14.4. The van der Waals surface area contributed by atoms with Gasteiger partial charge in [0, 0.05) is 41.5 Å². The zero-order valence-electron chi connectivity index (χ0n) is 14.2. The van der Waals surface area contributed by atoms with E-state index in [1.165, 1.54) is 37.1 Å². The normalized spacial score (nSPS) is 14.4. The van der Waals surface area contributed by atoms with Gasteiger partial charge in [-0.2, -0.15) is 0 Å². The van der Waals surface area contributed by atoms with Crippen LogP contribution < -0.4 is 10.2 Å². The van der Waals surface area contributed by atoms with Gasteiger partial charge in [0.2, 0.25) is 5.91 Å². The molecule has 1 aliphatic heterocycles. The fourth-order valence-electron chi connectivity index (χ4n) is 2.92. The maximum atomic E-state index is 12.9. The molecule has 1 N–H and O–H groups in total. The highest BCUT2D eigenvalue weighted by atomic mass is 32.2. The lowest BCUT2D eigenvalue weighted by molar-refractivity contribution is -0.115. The highest BCUT2D eigenvalue weighted by Gasteiger charge is 2.11. The first-order valence-corrected chi connectivity index (χ1v) is 9.72. The van der Waals surface area contributed by atoms with Gasteiger partial charge in [0.1, 0.15) is 5.82 Å². The van der Waals surface area contributed by atoms with E-state index in [0.29, 0.717) is 12.2 Å². The van der Waals surface area contributed by atoms with Crippen LogP contribution in [-0.4, -0.2) is 24.7 Å². The molecule has 1 heterocycles. The van der Waals surface area contributed by atoms with E-state index in [4.69, 9.17) is 0 Å². The smallest absolute Gasteiger partial charge is 0.225 e. The largest absolute Gasteiger partial charge is 0.372 e. The molecule has 0 unspecified atom stereocenters. The Morgan fingerprint density at radius 1 is 1.00 bits per heavy atom. The fraction of sp³-hybridized carbons (Fsp3) is 0.350. The van der Waals surface area contributed by atoms with Crippen LogP contribution in [0.1, 0.15) is 25.7 Å². The van der Waals surface area contributed by atoms with E-state index in [-0.39, 0.29) is 11.7 Å². The van der Waals surface area contributed by atoms with Crippen molar-refractivity contribution in [3.8, 4) is 0 Å². The number of anilines is 2.